The summed E-state index contributed by atoms with van der Waals surface area (Å²) in [5, 5.41) is 0. The molecule has 3 aliphatic heterocycles. The standard InChI is InChI=1S/C21H27FN4O3/c22-15-4-6-16(7-5-15)26-18(27)14-17(19(26)28)24-12-8-21(9-13-24,20(23)29)25-10-2-1-3-11-25/h4-7,17H,1-3,8-14H2,(H2,23,29)/p+2/t17-/m1/s1. The summed E-state index contributed by atoms with van der Waals surface area (Å²) < 4.78 is 13.2. The van der Waals surface area contributed by atoms with Gasteiger partial charge in [-0.25, -0.2) is 9.29 Å². The van der Waals surface area contributed by atoms with Crippen molar-refractivity contribution in [2.24, 2.45) is 5.73 Å². The first-order valence-electron chi connectivity index (χ1n) is 10.5. The molecule has 0 saturated carbocycles. The van der Waals surface area contributed by atoms with Gasteiger partial charge in [-0.1, -0.05) is 0 Å². The zero-order valence-corrected chi connectivity index (χ0v) is 16.6. The summed E-state index contributed by atoms with van der Waals surface area (Å²) in [5.74, 6) is -1.15. The SMILES string of the molecule is NC(=O)C1([NH+]2CCCCC2)CC[NH+]([C@@H]2CC(=O)N(c3ccc(F)cc3)C2=O)CC1. The average Bonchev–Trinajstić information content (AvgIpc) is 3.03. The normalized spacial score (nSPS) is 31.3. The van der Waals surface area contributed by atoms with Crippen molar-refractivity contribution >= 4 is 23.4 Å². The van der Waals surface area contributed by atoms with Crippen LogP contribution in [0, 0.1) is 5.82 Å². The second kappa shape index (κ2) is 7.84. The van der Waals surface area contributed by atoms with Crippen molar-refractivity contribution in [2.75, 3.05) is 31.1 Å². The summed E-state index contributed by atoms with van der Waals surface area (Å²) in [6.45, 7) is 3.23. The van der Waals surface area contributed by atoms with Crippen LogP contribution in [0.3, 0.4) is 0 Å². The monoisotopic (exact) mass is 404 g/mol. The van der Waals surface area contributed by atoms with Gasteiger partial charge in [-0.05, 0) is 43.5 Å². The fourth-order valence-electron chi connectivity index (χ4n) is 5.39. The van der Waals surface area contributed by atoms with Crippen LogP contribution in [-0.4, -0.2) is 55.5 Å². The van der Waals surface area contributed by atoms with Crippen molar-refractivity contribution in [3.05, 3.63) is 30.1 Å². The fraction of sp³-hybridized carbons (Fsp3) is 0.571. The average molecular weight is 404 g/mol. The summed E-state index contributed by atoms with van der Waals surface area (Å²) >= 11 is 0. The number of anilines is 1. The number of quaternary nitrogens is 2. The number of nitrogens with zero attached hydrogens (tertiary/aromatic N) is 1. The largest absolute Gasteiger partial charge is 0.364 e. The van der Waals surface area contributed by atoms with Crippen LogP contribution in [0.15, 0.2) is 24.3 Å². The van der Waals surface area contributed by atoms with Gasteiger partial charge in [-0.15, -0.1) is 0 Å². The number of primary amides is 1. The van der Waals surface area contributed by atoms with E-state index in [0.717, 1.165) is 30.8 Å². The maximum atomic E-state index is 13.2. The van der Waals surface area contributed by atoms with Gasteiger partial charge >= 0.3 is 0 Å². The van der Waals surface area contributed by atoms with E-state index in [9.17, 15) is 18.8 Å². The molecule has 0 aliphatic carbocycles. The van der Waals surface area contributed by atoms with Crippen LogP contribution in [0.2, 0.25) is 0 Å². The Morgan fingerprint density at radius 1 is 1.03 bits per heavy atom. The highest BCUT2D eigenvalue weighted by Gasteiger charge is 2.54. The quantitative estimate of drug-likeness (QED) is 0.530. The number of carbonyl (C=O) groups excluding carboxylic acids is 3. The van der Waals surface area contributed by atoms with E-state index in [4.69, 9.17) is 5.73 Å². The van der Waals surface area contributed by atoms with Crippen molar-refractivity contribution < 1.29 is 28.6 Å². The van der Waals surface area contributed by atoms with Crippen LogP contribution < -0.4 is 20.4 Å². The maximum absolute atomic E-state index is 13.2. The summed E-state index contributed by atoms with van der Waals surface area (Å²) in [4.78, 5) is 41.4. The van der Waals surface area contributed by atoms with Gasteiger partial charge in [0.05, 0.1) is 51.1 Å². The molecule has 3 heterocycles. The molecule has 156 valence electrons. The van der Waals surface area contributed by atoms with E-state index in [1.807, 2.05) is 0 Å². The van der Waals surface area contributed by atoms with E-state index in [1.165, 1.54) is 40.5 Å². The molecule has 0 bridgehead atoms. The van der Waals surface area contributed by atoms with E-state index in [0.29, 0.717) is 31.6 Å². The minimum Gasteiger partial charge on any atom is -0.364 e. The molecule has 1 atom stereocenters. The first-order valence-corrected chi connectivity index (χ1v) is 10.5. The number of halogens is 1. The van der Waals surface area contributed by atoms with Crippen LogP contribution in [0.4, 0.5) is 10.1 Å². The molecule has 29 heavy (non-hydrogen) atoms. The lowest BCUT2D eigenvalue weighted by molar-refractivity contribution is -0.978. The highest BCUT2D eigenvalue weighted by molar-refractivity contribution is 6.21. The molecule has 0 unspecified atom stereocenters. The molecule has 0 radical (unpaired) electrons. The number of rotatable bonds is 4. The zero-order chi connectivity index (χ0) is 20.6. The smallest absolute Gasteiger partial charge is 0.292 e. The molecule has 0 aromatic heterocycles. The molecule has 3 amide bonds. The van der Waals surface area contributed by atoms with Gasteiger partial charge in [0.2, 0.25) is 5.91 Å². The van der Waals surface area contributed by atoms with Crippen molar-refractivity contribution in [2.45, 2.75) is 50.1 Å². The molecule has 0 spiro atoms. The minimum absolute atomic E-state index is 0.145. The Kier molecular flexibility index (Phi) is 5.40. The Morgan fingerprint density at radius 3 is 2.24 bits per heavy atom. The second-order valence-electron chi connectivity index (χ2n) is 8.57. The summed E-state index contributed by atoms with van der Waals surface area (Å²) in [6, 6.07) is 4.96. The van der Waals surface area contributed by atoms with Gasteiger partial charge in [0, 0.05) is 0 Å². The third kappa shape index (κ3) is 3.55. The van der Waals surface area contributed by atoms with Gasteiger partial charge < -0.3 is 15.5 Å². The van der Waals surface area contributed by atoms with E-state index in [2.05, 4.69) is 0 Å². The number of amides is 3. The second-order valence-corrected chi connectivity index (χ2v) is 8.57. The van der Waals surface area contributed by atoms with Gasteiger partial charge in [-0.3, -0.25) is 14.4 Å². The number of hydrogen-bond donors (Lipinski definition) is 3. The summed E-state index contributed by atoms with van der Waals surface area (Å²) in [7, 11) is 0. The Labute approximate surface area is 169 Å². The van der Waals surface area contributed by atoms with Crippen molar-refractivity contribution in [1.29, 1.82) is 0 Å². The van der Waals surface area contributed by atoms with Crippen molar-refractivity contribution in [1.82, 2.24) is 0 Å². The molecular formula is C21H29FN4O3+2. The van der Waals surface area contributed by atoms with Gasteiger partial charge in [0.25, 0.3) is 11.8 Å². The summed E-state index contributed by atoms with van der Waals surface area (Å²) in [6.07, 6.45) is 4.86. The van der Waals surface area contributed by atoms with E-state index < -0.39 is 17.4 Å². The number of imide groups is 1. The first kappa shape index (κ1) is 20.0. The minimum atomic E-state index is -0.549. The number of benzene rings is 1. The molecule has 1 aromatic rings. The van der Waals surface area contributed by atoms with Crippen LogP contribution in [0.5, 0.6) is 0 Å². The Hall–Kier alpha value is -2.32. The third-order valence-electron chi connectivity index (χ3n) is 7.08. The Balaban J connectivity index is 1.47. The predicted molar refractivity (Wildman–Crippen MR) is 104 cm³/mol. The lowest BCUT2D eigenvalue weighted by Crippen LogP contribution is -3.27. The van der Waals surface area contributed by atoms with E-state index in [1.54, 1.807) is 0 Å². The van der Waals surface area contributed by atoms with E-state index >= 15 is 0 Å². The number of nitrogens with two attached hydrogens (primary N) is 1. The summed E-state index contributed by atoms with van der Waals surface area (Å²) in [5.41, 5.74) is 5.72. The molecule has 4 rings (SSSR count). The molecule has 8 heteroatoms. The Bertz CT molecular complexity index is 799. The van der Waals surface area contributed by atoms with Gasteiger partial charge in [-0.2, -0.15) is 0 Å². The third-order valence-corrected chi connectivity index (χ3v) is 7.08. The highest BCUT2D eigenvalue weighted by Crippen LogP contribution is 2.23. The molecule has 7 nitrogen and oxygen atoms in total. The lowest BCUT2D eigenvalue weighted by Gasteiger charge is -2.44. The molecule has 3 fully saturated rings. The zero-order valence-electron chi connectivity index (χ0n) is 16.6. The van der Waals surface area contributed by atoms with Crippen LogP contribution in [0.1, 0.15) is 38.5 Å². The maximum Gasteiger partial charge on any atom is 0.292 e. The number of likely N-dealkylation sites (tertiary alicyclic amines) is 2. The number of piperidine rings is 2. The molecular weight excluding hydrogens is 375 g/mol. The van der Waals surface area contributed by atoms with Crippen molar-refractivity contribution in [3.63, 3.8) is 0 Å². The molecule has 4 N–H and O–H groups in total. The van der Waals surface area contributed by atoms with E-state index in [-0.39, 0.29) is 24.1 Å². The number of hydrogen-bond acceptors (Lipinski definition) is 3. The van der Waals surface area contributed by atoms with Crippen LogP contribution in [-0.2, 0) is 14.4 Å². The molecule has 3 aliphatic rings. The number of carbonyl (C=O) groups is 3. The molecule has 1 aromatic carbocycles. The highest BCUT2D eigenvalue weighted by atomic mass is 19.1. The van der Waals surface area contributed by atoms with Gasteiger partial charge in [0.1, 0.15) is 5.82 Å². The van der Waals surface area contributed by atoms with Crippen LogP contribution in [0.25, 0.3) is 0 Å². The topological polar surface area (TPSA) is 89.3 Å². The Morgan fingerprint density at radius 2 is 1.66 bits per heavy atom. The lowest BCUT2D eigenvalue weighted by atomic mass is 9.83. The fourth-order valence-corrected chi connectivity index (χ4v) is 5.39. The number of nitrogens with one attached hydrogen (secondary N) is 2. The van der Waals surface area contributed by atoms with Gasteiger partial charge in [0.15, 0.2) is 11.6 Å². The predicted octanol–water partition coefficient (Wildman–Crippen LogP) is -1.57. The first-order chi connectivity index (χ1) is 13.9. The van der Waals surface area contributed by atoms with Crippen molar-refractivity contribution in [3.8, 4) is 0 Å². The molecule has 3 saturated heterocycles. The van der Waals surface area contributed by atoms with Crippen LogP contribution >= 0.6 is 0 Å².